The van der Waals surface area contributed by atoms with Crippen LogP contribution in [0, 0.1) is 11.3 Å². The van der Waals surface area contributed by atoms with Gasteiger partial charge in [-0.05, 0) is 12.1 Å². The topological polar surface area (TPSA) is 66.0 Å². The minimum Gasteiger partial charge on any atom is -0.346 e. The van der Waals surface area contributed by atoms with Gasteiger partial charge in [0.1, 0.15) is 0 Å². The van der Waals surface area contributed by atoms with Gasteiger partial charge in [0.05, 0.1) is 29.3 Å². The second kappa shape index (κ2) is 7.68. The molecule has 0 unspecified atom stereocenters. The first-order valence-corrected chi connectivity index (χ1v) is 8.24. The number of benzene rings is 1. The third-order valence-electron chi connectivity index (χ3n) is 3.83. The number of para-hydroxylation sites is 1. The van der Waals surface area contributed by atoms with Crippen molar-refractivity contribution in [2.75, 3.05) is 5.43 Å². The van der Waals surface area contributed by atoms with Crippen molar-refractivity contribution in [1.29, 1.82) is 5.26 Å². The molecule has 27 heavy (non-hydrogen) atoms. The Morgan fingerprint density at radius 1 is 1.33 bits per heavy atom. The predicted octanol–water partition coefficient (Wildman–Crippen LogP) is 5.07. The number of rotatable bonds is 5. The zero-order valence-corrected chi connectivity index (χ0v) is 14.6. The van der Waals surface area contributed by atoms with Crippen LogP contribution in [-0.4, -0.2) is 15.8 Å². The van der Waals surface area contributed by atoms with Gasteiger partial charge in [-0.25, -0.2) is 4.98 Å². The summed E-state index contributed by atoms with van der Waals surface area (Å²) in [6.07, 6.45) is -0.0599. The molecule has 2 heterocycles. The molecule has 0 spiro atoms. The summed E-state index contributed by atoms with van der Waals surface area (Å²) in [6, 6.07) is 10.5. The molecule has 0 aliphatic heterocycles. The van der Waals surface area contributed by atoms with Gasteiger partial charge < -0.3 is 4.57 Å². The van der Waals surface area contributed by atoms with E-state index in [1.807, 2.05) is 35.0 Å². The average Bonchev–Trinajstić information content (AvgIpc) is 2.98. The number of nitrogens with zero attached hydrogens (tertiary/aromatic N) is 4. The molecular formula is C18H13ClF3N5. The van der Waals surface area contributed by atoms with Gasteiger partial charge in [-0.15, -0.1) is 0 Å². The third-order valence-corrected chi connectivity index (χ3v) is 4.11. The van der Waals surface area contributed by atoms with E-state index in [-0.39, 0.29) is 10.8 Å². The van der Waals surface area contributed by atoms with Crippen molar-refractivity contribution in [3.05, 3.63) is 58.9 Å². The Kier molecular flexibility index (Phi) is 5.33. The summed E-state index contributed by atoms with van der Waals surface area (Å²) in [5, 5.41) is 13.6. The molecule has 5 nitrogen and oxygen atoms in total. The zero-order valence-electron chi connectivity index (χ0n) is 13.8. The fourth-order valence-electron chi connectivity index (χ4n) is 2.57. The molecule has 2 aromatic heterocycles. The molecular weight excluding hydrogens is 379 g/mol. The van der Waals surface area contributed by atoms with E-state index < -0.39 is 11.7 Å². The number of hydrogen-bond donors (Lipinski definition) is 1. The molecule has 0 radical (unpaired) electrons. The Bertz CT molecular complexity index is 1030. The van der Waals surface area contributed by atoms with Crippen LogP contribution in [-0.2, 0) is 12.7 Å². The molecule has 0 saturated carbocycles. The fraction of sp³-hybridized carbons (Fsp3) is 0.167. The van der Waals surface area contributed by atoms with Gasteiger partial charge in [-0.3, -0.25) is 5.43 Å². The van der Waals surface area contributed by atoms with E-state index in [1.165, 1.54) is 6.21 Å². The molecule has 1 N–H and O–H groups in total. The lowest BCUT2D eigenvalue weighted by Crippen LogP contribution is -2.06. The number of hydrazone groups is 1. The van der Waals surface area contributed by atoms with E-state index in [1.54, 1.807) is 0 Å². The molecule has 0 aliphatic rings. The highest BCUT2D eigenvalue weighted by molar-refractivity contribution is 6.33. The van der Waals surface area contributed by atoms with Crippen LogP contribution < -0.4 is 5.43 Å². The number of aromatic nitrogens is 2. The van der Waals surface area contributed by atoms with Gasteiger partial charge in [0.15, 0.2) is 5.82 Å². The molecule has 0 amide bonds. The average molecular weight is 392 g/mol. The summed E-state index contributed by atoms with van der Waals surface area (Å²) in [4.78, 5) is 3.67. The SMILES string of the molecule is N#CCCn1cc(/C=N\Nc2ncc(C(F)(F)F)cc2Cl)c2ccccc21. The van der Waals surface area contributed by atoms with Gasteiger partial charge in [0.2, 0.25) is 0 Å². The van der Waals surface area contributed by atoms with Crippen molar-refractivity contribution in [2.45, 2.75) is 19.1 Å². The number of anilines is 1. The zero-order chi connectivity index (χ0) is 19.4. The summed E-state index contributed by atoms with van der Waals surface area (Å²) in [5.74, 6) is 0.0223. The van der Waals surface area contributed by atoms with E-state index in [2.05, 4.69) is 21.6 Å². The van der Waals surface area contributed by atoms with Gasteiger partial charge in [0.25, 0.3) is 0 Å². The third kappa shape index (κ3) is 4.20. The van der Waals surface area contributed by atoms with E-state index in [9.17, 15) is 13.2 Å². The highest BCUT2D eigenvalue weighted by Gasteiger charge is 2.31. The van der Waals surface area contributed by atoms with Crippen molar-refractivity contribution in [2.24, 2.45) is 5.10 Å². The van der Waals surface area contributed by atoms with Gasteiger partial charge >= 0.3 is 6.18 Å². The molecule has 3 aromatic rings. The fourth-order valence-corrected chi connectivity index (χ4v) is 2.78. The van der Waals surface area contributed by atoms with E-state index in [0.29, 0.717) is 19.2 Å². The van der Waals surface area contributed by atoms with Gasteiger partial charge in [0, 0.05) is 35.4 Å². The smallest absolute Gasteiger partial charge is 0.346 e. The molecule has 138 valence electrons. The molecule has 0 atom stereocenters. The van der Waals surface area contributed by atoms with Crippen molar-refractivity contribution in [1.82, 2.24) is 9.55 Å². The lowest BCUT2D eigenvalue weighted by atomic mass is 10.2. The number of hydrogen-bond acceptors (Lipinski definition) is 4. The van der Waals surface area contributed by atoms with Crippen LogP contribution in [0.3, 0.4) is 0 Å². The molecule has 0 fully saturated rings. The molecule has 0 aliphatic carbocycles. The Labute approximate surface area is 157 Å². The molecule has 9 heteroatoms. The van der Waals surface area contributed by atoms with Crippen molar-refractivity contribution < 1.29 is 13.2 Å². The van der Waals surface area contributed by atoms with Crippen LogP contribution >= 0.6 is 11.6 Å². The van der Waals surface area contributed by atoms with Gasteiger partial charge in [-0.1, -0.05) is 29.8 Å². The second-order valence-electron chi connectivity index (χ2n) is 5.63. The summed E-state index contributed by atoms with van der Waals surface area (Å²) in [6.45, 7) is 0.546. The van der Waals surface area contributed by atoms with Crippen molar-refractivity contribution in [3.63, 3.8) is 0 Å². The first-order valence-electron chi connectivity index (χ1n) is 7.87. The summed E-state index contributed by atoms with van der Waals surface area (Å²) < 4.78 is 39.9. The normalized spacial score (nSPS) is 11.8. The second-order valence-corrected chi connectivity index (χ2v) is 6.03. The van der Waals surface area contributed by atoms with Crippen molar-refractivity contribution >= 4 is 34.5 Å². The minimum absolute atomic E-state index is 0.0223. The maximum atomic E-state index is 12.6. The molecule has 0 saturated heterocycles. The van der Waals surface area contributed by atoms with Crippen LogP contribution in [0.15, 0.2) is 47.8 Å². The Morgan fingerprint density at radius 3 is 2.81 bits per heavy atom. The molecule has 1 aromatic carbocycles. The monoisotopic (exact) mass is 391 g/mol. The first kappa shape index (κ1) is 18.7. The largest absolute Gasteiger partial charge is 0.417 e. The summed E-state index contributed by atoms with van der Waals surface area (Å²) in [5.41, 5.74) is 3.38. The van der Waals surface area contributed by atoms with Crippen LogP contribution in [0.25, 0.3) is 10.9 Å². The number of nitriles is 1. The number of aryl methyl sites for hydroxylation is 1. The molecule has 0 bridgehead atoms. The lowest BCUT2D eigenvalue weighted by molar-refractivity contribution is -0.137. The quantitative estimate of drug-likeness (QED) is 0.488. The maximum absolute atomic E-state index is 12.6. The van der Waals surface area contributed by atoms with Crippen LogP contribution in [0.1, 0.15) is 17.5 Å². The number of nitrogens with one attached hydrogen (secondary N) is 1. The van der Waals surface area contributed by atoms with Crippen LogP contribution in [0.4, 0.5) is 19.0 Å². The summed E-state index contributed by atoms with van der Waals surface area (Å²) in [7, 11) is 0. The first-order chi connectivity index (χ1) is 12.9. The molecule has 3 rings (SSSR count). The van der Waals surface area contributed by atoms with Crippen molar-refractivity contribution in [3.8, 4) is 6.07 Å². The number of pyridine rings is 1. The number of fused-ring (bicyclic) bond motifs is 1. The van der Waals surface area contributed by atoms with Crippen LogP contribution in [0.5, 0.6) is 0 Å². The summed E-state index contributed by atoms with van der Waals surface area (Å²) >= 11 is 5.84. The highest BCUT2D eigenvalue weighted by Crippen LogP contribution is 2.32. The maximum Gasteiger partial charge on any atom is 0.417 e. The van der Waals surface area contributed by atoms with Crippen LogP contribution in [0.2, 0.25) is 5.02 Å². The number of alkyl halides is 3. The van der Waals surface area contributed by atoms with Gasteiger partial charge in [-0.2, -0.15) is 23.5 Å². The van der Waals surface area contributed by atoms with E-state index in [4.69, 9.17) is 16.9 Å². The Hall–Kier alpha value is -3.05. The Morgan fingerprint density at radius 2 is 2.11 bits per heavy atom. The standard InChI is InChI=1S/C18H13ClF3N5/c19-15-8-13(18(20,21)22)10-24-17(15)26-25-9-12-11-27(7-3-6-23)16-5-2-1-4-14(12)16/h1-2,4-5,8-11H,3,7H2,(H,24,26)/b25-9-. The number of halogens is 4. The highest BCUT2D eigenvalue weighted by atomic mass is 35.5. The van der Waals surface area contributed by atoms with E-state index >= 15 is 0 Å². The van der Waals surface area contributed by atoms with E-state index in [0.717, 1.165) is 22.5 Å². The lowest BCUT2D eigenvalue weighted by Gasteiger charge is -2.08. The Balaban J connectivity index is 1.82. The minimum atomic E-state index is -4.51. The predicted molar refractivity (Wildman–Crippen MR) is 97.6 cm³/mol.